The van der Waals surface area contributed by atoms with E-state index in [0.717, 1.165) is 16.5 Å². The van der Waals surface area contributed by atoms with Crippen LogP contribution in [0.2, 0.25) is 0 Å². The van der Waals surface area contributed by atoms with Crippen molar-refractivity contribution in [2.24, 2.45) is 13.0 Å². The Morgan fingerprint density at radius 1 is 1.18 bits per heavy atom. The lowest BCUT2D eigenvalue weighted by Gasteiger charge is -2.06. The predicted octanol–water partition coefficient (Wildman–Crippen LogP) is 2.85. The molecule has 0 N–H and O–H groups in total. The maximum Gasteiger partial charge on any atom is 0.190 e. The van der Waals surface area contributed by atoms with Gasteiger partial charge in [0.05, 0.1) is 4.90 Å². The summed E-state index contributed by atoms with van der Waals surface area (Å²) in [5.41, 5.74) is 1.03. The van der Waals surface area contributed by atoms with Crippen LogP contribution in [-0.2, 0) is 22.6 Å². The van der Waals surface area contributed by atoms with Crippen molar-refractivity contribution in [3.63, 3.8) is 0 Å². The molecule has 1 aromatic carbocycles. The first-order valence-electron chi connectivity index (χ1n) is 7.10. The monoisotopic (exact) mass is 339 g/mol. The van der Waals surface area contributed by atoms with Crippen LogP contribution in [0.25, 0.3) is 0 Å². The highest BCUT2D eigenvalue weighted by Crippen LogP contribution is 2.21. The van der Waals surface area contributed by atoms with Gasteiger partial charge in [0.1, 0.15) is 11.6 Å². The molecule has 0 bridgehead atoms. The van der Waals surface area contributed by atoms with Crippen molar-refractivity contribution in [2.75, 3.05) is 5.75 Å². The van der Waals surface area contributed by atoms with Crippen molar-refractivity contribution >= 4 is 21.6 Å². The summed E-state index contributed by atoms with van der Waals surface area (Å²) in [5.74, 6) is 1.80. The first-order chi connectivity index (χ1) is 10.3. The van der Waals surface area contributed by atoms with Gasteiger partial charge >= 0.3 is 0 Å². The highest BCUT2D eigenvalue weighted by molar-refractivity contribution is 7.99. The second kappa shape index (κ2) is 6.83. The molecular weight excluding hydrogens is 318 g/mol. The second-order valence-electron chi connectivity index (χ2n) is 5.73. The Morgan fingerprint density at radius 2 is 1.82 bits per heavy atom. The van der Waals surface area contributed by atoms with Crippen molar-refractivity contribution in [1.82, 2.24) is 14.8 Å². The van der Waals surface area contributed by atoms with Gasteiger partial charge in [-0.3, -0.25) is 0 Å². The molecule has 2 rings (SSSR count). The van der Waals surface area contributed by atoms with Crippen LogP contribution < -0.4 is 0 Å². The molecule has 0 saturated heterocycles. The molecule has 1 heterocycles. The van der Waals surface area contributed by atoms with Crippen LogP contribution in [0, 0.1) is 12.8 Å². The highest BCUT2D eigenvalue weighted by atomic mass is 32.2. The molecule has 120 valence electrons. The molecule has 0 spiro atoms. The number of hydrogen-bond acceptors (Lipinski definition) is 5. The number of aryl methyl sites for hydroxylation is 1. The van der Waals surface area contributed by atoms with Crippen LogP contribution in [0.15, 0.2) is 34.3 Å². The number of sulfone groups is 1. The first kappa shape index (κ1) is 17.0. The minimum absolute atomic E-state index is 0.137. The van der Waals surface area contributed by atoms with Crippen LogP contribution in [0.3, 0.4) is 0 Å². The molecule has 0 radical (unpaired) electrons. The summed E-state index contributed by atoms with van der Waals surface area (Å²) in [6.45, 7) is 6.19. The normalized spacial score (nSPS) is 12.0. The third-order valence-electron chi connectivity index (χ3n) is 3.17. The van der Waals surface area contributed by atoms with E-state index < -0.39 is 9.84 Å². The number of rotatable bonds is 6. The molecule has 0 atom stereocenters. The molecule has 2 aromatic rings. The summed E-state index contributed by atoms with van der Waals surface area (Å²) in [4.78, 5) is 0.317. The van der Waals surface area contributed by atoms with Gasteiger partial charge in [0.15, 0.2) is 15.0 Å². The molecule has 5 nitrogen and oxygen atoms in total. The second-order valence-corrected chi connectivity index (χ2v) is 8.71. The van der Waals surface area contributed by atoms with E-state index in [1.807, 2.05) is 14.0 Å². The van der Waals surface area contributed by atoms with Gasteiger partial charge in [-0.1, -0.05) is 43.3 Å². The van der Waals surface area contributed by atoms with Crippen molar-refractivity contribution in [3.05, 3.63) is 35.7 Å². The fraction of sp³-hybridized carbons (Fsp3) is 0.467. The molecule has 0 fully saturated rings. The van der Waals surface area contributed by atoms with Gasteiger partial charge in [-0.15, -0.1) is 10.2 Å². The third-order valence-corrected chi connectivity index (χ3v) is 6.25. The molecule has 0 unspecified atom stereocenters. The third kappa shape index (κ3) is 4.10. The van der Waals surface area contributed by atoms with Gasteiger partial charge in [0.2, 0.25) is 0 Å². The first-order valence-corrected chi connectivity index (χ1v) is 9.74. The number of thioether (sulfide) groups is 1. The minimum Gasteiger partial charge on any atom is -0.308 e. The van der Waals surface area contributed by atoms with Gasteiger partial charge in [-0.2, -0.15) is 0 Å². The molecule has 0 aliphatic carbocycles. The van der Waals surface area contributed by atoms with E-state index in [0.29, 0.717) is 16.6 Å². The van der Waals surface area contributed by atoms with Gasteiger partial charge in [0.25, 0.3) is 0 Å². The fourth-order valence-corrected chi connectivity index (χ4v) is 4.03. The lowest BCUT2D eigenvalue weighted by Crippen LogP contribution is -2.10. The maximum atomic E-state index is 12.5. The Morgan fingerprint density at radius 3 is 2.41 bits per heavy atom. The van der Waals surface area contributed by atoms with E-state index in [1.54, 1.807) is 40.6 Å². The van der Waals surface area contributed by atoms with Crippen molar-refractivity contribution < 1.29 is 8.42 Å². The van der Waals surface area contributed by atoms with Crippen LogP contribution >= 0.6 is 11.8 Å². The molecule has 0 saturated carbocycles. The zero-order valence-corrected chi connectivity index (χ0v) is 14.9. The topological polar surface area (TPSA) is 64.8 Å². The Labute approximate surface area is 136 Å². The highest BCUT2D eigenvalue weighted by Gasteiger charge is 2.20. The number of benzene rings is 1. The van der Waals surface area contributed by atoms with Crippen LogP contribution in [-0.4, -0.2) is 28.9 Å². The van der Waals surface area contributed by atoms with Crippen molar-refractivity contribution in [3.8, 4) is 0 Å². The molecule has 0 amide bonds. The SMILES string of the molecule is Cc1ccc(S(=O)(=O)Cc2nnc(SCC(C)C)n2C)cc1. The minimum atomic E-state index is -3.40. The van der Waals surface area contributed by atoms with Gasteiger partial charge in [-0.05, 0) is 25.0 Å². The van der Waals surface area contributed by atoms with Crippen LogP contribution in [0.5, 0.6) is 0 Å². The molecular formula is C15H21N3O2S2. The molecule has 1 aromatic heterocycles. The Bertz CT molecular complexity index is 735. The number of hydrogen-bond donors (Lipinski definition) is 0. The van der Waals surface area contributed by atoms with Gasteiger partial charge in [0, 0.05) is 12.8 Å². The molecule has 0 aliphatic rings. The van der Waals surface area contributed by atoms with Gasteiger partial charge in [-0.25, -0.2) is 8.42 Å². The lowest BCUT2D eigenvalue weighted by molar-refractivity contribution is 0.591. The zero-order valence-electron chi connectivity index (χ0n) is 13.3. The summed E-state index contributed by atoms with van der Waals surface area (Å²) >= 11 is 1.59. The van der Waals surface area contributed by atoms with Crippen molar-refractivity contribution in [1.29, 1.82) is 0 Å². The maximum absolute atomic E-state index is 12.5. The summed E-state index contributed by atoms with van der Waals surface area (Å²) in [6, 6.07) is 6.87. The standard InChI is InChI=1S/C15H21N3O2S2/c1-11(2)9-21-15-17-16-14(18(15)4)10-22(19,20)13-7-5-12(3)6-8-13/h5-8,11H,9-10H2,1-4H3. The van der Waals surface area contributed by atoms with E-state index >= 15 is 0 Å². The fourth-order valence-electron chi connectivity index (χ4n) is 1.84. The summed E-state index contributed by atoms with van der Waals surface area (Å²) in [7, 11) is -1.59. The van der Waals surface area contributed by atoms with E-state index in [9.17, 15) is 8.42 Å². The van der Waals surface area contributed by atoms with E-state index in [1.165, 1.54) is 0 Å². The van der Waals surface area contributed by atoms with Crippen LogP contribution in [0.4, 0.5) is 0 Å². The largest absolute Gasteiger partial charge is 0.308 e. The molecule has 22 heavy (non-hydrogen) atoms. The molecule has 0 aliphatic heterocycles. The number of nitrogens with zero attached hydrogens (tertiary/aromatic N) is 3. The summed E-state index contributed by atoms with van der Waals surface area (Å²) in [5, 5.41) is 8.88. The Kier molecular flexibility index (Phi) is 5.28. The Hall–Kier alpha value is -1.34. The quantitative estimate of drug-likeness (QED) is 0.757. The molecule has 7 heteroatoms. The lowest BCUT2D eigenvalue weighted by atomic mass is 10.2. The van der Waals surface area contributed by atoms with E-state index in [2.05, 4.69) is 24.0 Å². The zero-order chi connectivity index (χ0) is 16.3. The van der Waals surface area contributed by atoms with Gasteiger partial charge < -0.3 is 4.57 Å². The Balaban J connectivity index is 2.18. The average Bonchev–Trinajstić information content (AvgIpc) is 2.77. The summed E-state index contributed by atoms with van der Waals surface area (Å²) in [6.07, 6.45) is 0. The van der Waals surface area contributed by atoms with Crippen LogP contribution in [0.1, 0.15) is 25.2 Å². The summed E-state index contributed by atoms with van der Waals surface area (Å²) < 4.78 is 26.7. The van der Waals surface area contributed by atoms with E-state index in [4.69, 9.17) is 0 Å². The van der Waals surface area contributed by atoms with E-state index in [-0.39, 0.29) is 5.75 Å². The number of aromatic nitrogens is 3. The average molecular weight is 339 g/mol. The predicted molar refractivity (Wildman–Crippen MR) is 88.6 cm³/mol. The smallest absolute Gasteiger partial charge is 0.190 e. The van der Waals surface area contributed by atoms with Crippen molar-refractivity contribution in [2.45, 2.75) is 36.6 Å².